The molecule has 6 nitrogen and oxygen atoms in total. The maximum Gasteiger partial charge on any atom is 0.417 e. The van der Waals surface area contributed by atoms with Crippen molar-refractivity contribution in [2.75, 3.05) is 36.0 Å². The number of hydrogen-bond acceptors (Lipinski definition) is 5. The van der Waals surface area contributed by atoms with Crippen molar-refractivity contribution < 1.29 is 17.6 Å². The Bertz CT molecular complexity index is 930. The fourth-order valence-corrected chi connectivity index (χ4v) is 3.04. The summed E-state index contributed by atoms with van der Waals surface area (Å²) >= 11 is 0. The van der Waals surface area contributed by atoms with Gasteiger partial charge in [-0.2, -0.15) is 18.3 Å². The topological polar surface area (TPSA) is 49.6 Å². The van der Waals surface area contributed by atoms with Gasteiger partial charge in [-0.25, -0.2) is 18.9 Å². The lowest BCUT2D eigenvalue weighted by Gasteiger charge is -2.36. The predicted molar refractivity (Wildman–Crippen MR) is 86.6 cm³/mol. The lowest BCUT2D eigenvalue weighted by molar-refractivity contribution is -0.138. The van der Waals surface area contributed by atoms with Crippen molar-refractivity contribution in [1.82, 2.24) is 19.6 Å². The van der Waals surface area contributed by atoms with Crippen LogP contribution in [0.3, 0.4) is 0 Å². The molecule has 0 N–H and O–H groups in total. The first-order valence-electron chi connectivity index (χ1n) is 7.94. The lowest BCUT2D eigenvalue weighted by atomic mass is 10.2. The normalized spacial score (nSPS) is 15.7. The van der Waals surface area contributed by atoms with E-state index in [1.807, 2.05) is 11.0 Å². The second-order valence-corrected chi connectivity index (χ2v) is 5.91. The number of piperazine rings is 1. The molecule has 0 unspecified atom stereocenters. The summed E-state index contributed by atoms with van der Waals surface area (Å²) in [5, 5.41) is 4.16. The summed E-state index contributed by atoms with van der Waals surface area (Å²) in [4.78, 5) is 11.8. The number of rotatable bonds is 2. The second kappa shape index (κ2) is 6.11. The summed E-state index contributed by atoms with van der Waals surface area (Å²) in [7, 11) is 0. The Labute approximate surface area is 145 Å². The fourth-order valence-electron chi connectivity index (χ4n) is 3.04. The molecule has 0 bridgehead atoms. The number of anilines is 2. The quantitative estimate of drug-likeness (QED) is 0.653. The van der Waals surface area contributed by atoms with Gasteiger partial charge in [0.05, 0.1) is 11.8 Å². The number of fused-ring (bicyclic) bond motifs is 1. The number of pyridine rings is 1. The molecule has 136 valence electrons. The molecular formula is C16H14F4N6. The Morgan fingerprint density at radius 3 is 2.27 bits per heavy atom. The van der Waals surface area contributed by atoms with Gasteiger partial charge in [-0.3, -0.25) is 0 Å². The minimum Gasteiger partial charge on any atom is -0.351 e. The molecule has 1 fully saturated rings. The minimum absolute atomic E-state index is 0.0619. The molecule has 1 aliphatic heterocycles. The van der Waals surface area contributed by atoms with Crippen LogP contribution >= 0.6 is 0 Å². The smallest absolute Gasteiger partial charge is 0.351 e. The second-order valence-electron chi connectivity index (χ2n) is 5.91. The summed E-state index contributed by atoms with van der Waals surface area (Å²) in [6.07, 6.45) is 1.13. The Hall–Kier alpha value is -2.91. The van der Waals surface area contributed by atoms with Gasteiger partial charge in [0.1, 0.15) is 5.52 Å². The van der Waals surface area contributed by atoms with Crippen LogP contribution < -0.4 is 9.80 Å². The average molecular weight is 366 g/mol. The maximum absolute atomic E-state index is 14.1. The highest BCUT2D eigenvalue weighted by atomic mass is 19.4. The number of aromatic nitrogens is 4. The average Bonchev–Trinajstić information content (AvgIpc) is 3.10. The molecular weight excluding hydrogens is 352 g/mol. The summed E-state index contributed by atoms with van der Waals surface area (Å²) < 4.78 is 53.7. The van der Waals surface area contributed by atoms with Crippen LogP contribution in [0.5, 0.6) is 0 Å². The first-order valence-corrected chi connectivity index (χ1v) is 7.94. The molecule has 4 rings (SSSR count). The first-order chi connectivity index (χ1) is 12.4. The SMILES string of the molecule is Fc1cc(C(F)(F)F)cnc1N1CCN(c2nccn3nccc23)CC1. The highest BCUT2D eigenvalue weighted by molar-refractivity contribution is 5.68. The van der Waals surface area contributed by atoms with Crippen molar-refractivity contribution in [2.45, 2.75) is 6.18 Å². The molecule has 26 heavy (non-hydrogen) atoms. The van der Waals surface area contributed by atoms with Crippen LogP contribution in [0.2, 0.25) is 0 Å². The van der Waals surface area contributed by atoms with E-state index in [2.05, 4.69) is 15.1 Å². The van der Waals surface area contributed by atoms with Crippen molar-refractivity contribution in [3.63, 3.8) is 0 Å². The van der Waals surface area contributed by atoms with Gasteiger partial charge in [0.25, 0.3) is 0 Å². The molecule has 4 heterocycles. The summed E-state index contributed by atoms with van der Waals surface area (Å²) in [6, 6.07) is 2.34. The number of nitrogens with zero attached hydrogens (tertiary/aromatic N) is 6. The molecule has 0 amide bonds. The van der Waals surface area contributed by atoms with Gasteiger partial charge in [0.2, 0.25) is 0 Å². The number of alkyl halides is 3. The van der Waals surface area contributed by atoms with Crippen LogP contribution in [-0.4, -0.2) is 45.8 Å². The Morgan fingerprint density at radius 1 is 0.923 bits per heavy atom. The summed E-state index contributed by atoms with van der Waals surface area (Å²) in [5.74, 6) is -0.261. The van der Waals surface area contributed by atoms with E-state index >= 15 is 0 Å². The predicted octanol–water partition coefficient (Wildman–Crippen LogP) is 2.61. The van der Waals surface area contributed by atoms with Gasteiger partial charge in [-0.1, -0.05) is 0 Å². The van der Waals surface area contributed by atoms with E-state index in [-0.39, 0.29) is 5.82 Å². The Morgan fingerprint density at radius 2 is 1.62 bits per heavy atom. The van der Waals surface area contributed by atoms with E-state index in [1.165, 1.54) is 0 Å². The van der Waals surface area contributed by atoms with E-state index in [4.69, 9.17) is 0 Å². The molecule has 3 aromatic heterocycles. The van der Waals surface area contributed by atoms with E-state index < -0.39 is 17.6 Å². The summed E-state index contributed by atoms with van der Waals surface area (Å²) in [5.41, 5.74) is -0.228. The molecule has 3 aromatic rings. The largest absolute Gasteiger partial charge is 0.417 e. The summed E-state index contributed by atoms with van der Waals surface area (Å²) in [6.45, 7) is 1.93. The van der Waals surface area contributed by atoms with E-state index in [0.717, 1.165) is 11.3 Å². The highest BCUT2D eigenvalue weighted by Crippen LogP contribution is 2.31. The van der Waals surface area contributed by atoms with E-state index in [0.29, 0.717) is 38.4 Å². The zero-order chi connectivity index (χ0) is 18.3. The molecule has 0 saturated carbocycles. The molecule has 0 aromatic carbocycles. The molecule has 1 aliphatic rings. The highest BCUT2D eigenvalue weighted by Gasteiger charge is 2.32. The molecule has 0 spiro atoms. The van der Waals surface area contributed by atoms with Crippen LogP contribution in [0.1, 0.15) is 5.56 Å². The zero-order valence-corrected chi connectivity index (χ0v) is 13.5. The van der Waals surface area contributed by atoms with Gasteiger partial charge < -0.3 is 9.80 Å². The fraction of sp³-hybridized carbons (Fsp3) is 0.312. The van der Waals surface area contributed by atoms with Crippen LogP contribution in [0, 0.1) is 5.82 Å². The van der Waals surface area contributed by atoms with Crippen molar-refractivity contribution in [3.8, 4) is 0 Å². The third kappa shape index (κ3) is 2.91. The Balaban J connectivity index is 1.51. The third-order valence-electron chi connectivity index (χ3n) is 4.33. The zero-order valence-electron chi connectivity index (χ0n) is 13.5. The van der Waals surface area contributed by atoms with Crippen LogP contribution in [-0.2, 0) is 6.18 Å². The van der Waals surface area contributed by atoms with Crippen LogP contribution in [0.25, 0.3) is 5.52 Å². The van der Waals surface area contributed by atoms with Gasteiger partial charge in [0, 0.05) is 44.8 Å². The van der Waals surface area contributed by atoms with Crippen molar-refractivity contribution in [1.29, 1.82) is 0 Å². The maximum atomic E-state index is 14.1. The number of hydrogen-bond donors (Lipinski definition) is 0. The van der Waals surface area contributed by atoms with Gasteiger partial charge in [0.15, 0.2) is 17.5 Å². The van der Waals surface area contributed by atoms with Crippen molar-refractivity contribution >= 4 is 17.2 Å². The molecule has 0 atom stereocenters. The standard InChI is InChI=1S/C16H14F4N6/c17-12-9-11(16(18,19)20)10-22-14(12)24-5-7-25(8-6-24)15-13-1-2-23-26(13)4-3-21-15/h1-4,9-10H,5-8H2. The molecule has 0 aliphatic carbocycles. The third-order valence-corrected chi connectivity index (χ3v) is 4.33. The van der Waals surface area contributed by atoms with Gasteiger partial charge >= 0.3 is 6.18 Å². The van der Waals surface area contributed by atoms with E-state index in [1.54, 1.807) is 28.0 Å². The molecule has 10 heteroatoms. The van der Waals surface area contributed by atoms with E-state index in [9.17, 15) is 17.6 Å². The lowest BCUT2D eigenvalue weighted by Crippen LogP contribution is -2.47. The first kappa shape index (κ1) is 16.6. The van der Waals surface area contributed by atoms with Crippen LogP contribution in [0.15, 0.2) is 36.9 Å². The van der Waals surface area contributed by atoms with Crippen LogP contribution in [0.4, 0.5) is 29.2 Å². The molecule has 1 saturated heterocycles. The molecule has 0 radical (unpaired) electrons. The number of halogens is 4. The van der Waals surface area contributed by atoms with Gasteiger partial charge in [-0.15, -0.1) is 0 Å². The Kier molecular flexibility index (Phi) is 3.89. The van der Waals surface area contributed by atoms with Crippen molar-refractivity contribution in [3.05, 3.63) is 48.3 Å². The van der Waals surface area contributed by atoms with Crippen molar-refractivity contribution in [2.24, 2.45) is 0 Å². The minimum atomic E-state index is -4.61. The van der Waals surface area contributed by atoms with Gasteiger partial charge in [-0.05, 0) is 12.1 Å². The monoisotopic (exact) mass is 366 g/mol.